The Morgan fingerprint density at radius 1 is 1.17 bits per heavy atom. The van der Waals surface area contributed by atoms with Gasteiger partial charge in [0.15, 0.2) is 6.10 Å². The van der Waals surface area contributed by atoms with E-state index in [-0.39, 0.29) is 12.5 Å². The van der Waals surface area contributed by atoms with E-state index in [0.29, 0.717) is 6.54 Å². The summed E-state index contributed by atoms with van der Waals surface area (Å²) < 4.78 is 10.7. The van der Waals surface area contributed by atoms with Crippen LogP contribution in [0, 0.1) is 0 Å². The van der Waals surface area contributed by atoms with Crippen LogP contribution in [0.2, 0.25) is 0 Å². The smallest absolute Gasteiger partial charge is 0.339 e. The lowest BCUT2D eigenvalue weighted by Crippen LogP contribution is -2.35. The molecule has 4 rings (SSSR count). The van der Waals surface area contributed by atoms with E-state index in [1.165, 1.54) is 0 Å². The lowest BCUT2D eigenvalue weighted by molar-refractivity contribution is -0.144. The third-order valence-electron chi connectivity index (χ3n) is 4.46. The number of esters is 1. The van der Waals surface area contributed by atoms with Crippen molar-refractivity contribution in [3.63, 3.8) is 0 Å². The van der Waals surface area contributed by atoms with Crippen molar-refractivity contribution in [2.45, 2.75) is 25.2 Å². The molecule has 0 bridgehead atoms. The molecule has 1 saturated heterocycles. The van der Waals surface area contributed by atoms with Gasteiger partial charge in [0.1, 0.15) is 0 Å². The van der Waals surface area contributed by atoms with Crippen molar-refractivity contribution in [1.29, 1.82) is 0 Å². The Bertz CT molecular complexity index is 804. The van der Waals surface area contributed by atoms with Crippen LogP contribution < -0.4 is 4.90 Å². The second-order valence-electron chi connectivity index (χ2n) is 5.88. The van der Waals surface area contributed by atoms with Crippen LogP contribution >= 0.6 is 0 Å². The summed E-state index contributed by atoms with van der Waals surface area (Å²) in [6.45, 7) is 2.44. The first kappa shape index (κ1) is 14.9. The molecule has 2 aromatic rings. The highest BCUT2D eigenvalue weighted by Crippen LogP contribution is 2.56. The van der Waals surface area contributed by atoms with Crippen molar-refractivity contribution in [3.8, 4) is 0 Å². The molecule has 0 saturated carbocycles. The number of carbonyl (C=O) groups excluding carboxylic acids is 2. The third kappa shape index (κ3) is 2.05. The lowest BCUT2D eigenvalue weighted by Gasteiger charge is -2.17. The van der Waals surface area contributed by atoms with Gasteiger partial charge >= 0.3 is 5.97 Å². The minimum absolute atomic E-state index is 0.203. The van der Waals surface area contributed by atoms with Crippen LogP contribution in [0.1, 0.15) is 18.1 Å². The first-order valence-corrected chi connectivity index (χ1v) is 7.98. The molecule has 122 valence electrons. The van der Waals surface area contributed by atoms with Gasteiger partial charge in [0.2, 0.25) is 5.60 Å². The summed E-state index contributed by atoms with van der Waals surface area (Å²) in [7, 11) is 0. The summed E-state index contributed by atoms with van der Waals surface area (Å²) >= 11 is 0. The number of hydrogen-bond donors (Lipinski definition) is 0. The molecule has 5 heteroatoms. The molecule has 0 unspecified atom stereocenters. The maximum Gasteiger partial charge on any atom is 0.339 e. The third-order valence-corrected chi connectivity index (χ3v) is 4.46. The molecular formula is C19H17NO4. The predicted molar refractivity (Wildman–Crippen MR) is 87.3 cm³/mol. The first-order chi connectivity index (χ1) is 11.7. The average molecular weight is 323 g/mol. The molecule has 2 aromatic carbocycles. The number of amides is 1. The van der Waals surface area contributed by atoms with Crippen molar-refractivity contribution in [3.05, 3.63) is 65.7 Å². The number of nitrogens with zero attached hydrogens (tertiary/aromatic N) is 1. The Hall–Kier alpha value is -2.66. The van der Waals surface area contributed by atoms with E-state index in [0.717, 1.165) is 16.8 Å². The highest BCUT2D eigenvalue weighted by Gasteiger charge is 2.73. The van der Waals surface area contributed by atoms with E-state index < -0.39 is 17.7 Å². The topological polar surface area (TPSA) is 59.1 Å². The van der Waals surface area contributed by atoms with Gasteiger partial charge in [0.25, 0.3) is 5.91 Å². The second kappa shape index (κ2) is 5.46. The van der Waals surface area contributed by atoms with Crippen LogP contribution in [0.15, 0.2) is 54.6 Å². The van der Waals surface area contributed by atoms with E-state index in [2.05, 4.69) is 0 Å². The number of rotatable bonds is 4. The summed E-state index contributed by atoms with van der Waals surface area (Å²) in [5.41, 5.74) is 1.34. The molecule has 2 aliphatic heterocycles. The molecular weight excluding hydrogens is 306 g/mol. The first-order valence-electron chi connectivity index (χ1n) is 7.98. The van der Waals surface area contributed by atoms with Crippen LogP contribution in [-0.4, -0.2) is 24.6 Å². The number of para-hydroxylation sites is 1. The van der Waals surface area contributed by atoms with E-state index in [4.69, 9.17) is 9.47 Å². The highest BCUT2D eigenvalue weighted by molar-refractivity contribution is 6.12. The van der Waals surface area contributed by atoms with Gasteiger partial charge in [0.05, 0.1) is 18.8 Å². The standard InChI is InChI=1S/C19H17NO4/c1-2-23-17(21)16-19(24-16)14-10-6-7-11-15(14)20(18(19)22)12-13-8-4-3-5-9-13/h3-11,16H,2,12H2,1H3/t16-,19-/m1/s1. The fourth-order valence-corrected chi connectivity index (χ4v) is 3.32. The fraction of sp³-hybridized carbons (Fsp3) is 0.263. The second-order valence-corrected chi connectivity index (χ2v) is 5.88. The van der Waals surface area contributed by atoms with Crippen molar-refractivity contribution in [1.82, 2.24) is 0 Å². The molecule has 2 heterocycles. The molecule has 0 N–H and O–H groups in total. The SMILES string of the molecule is CCOC(=O)[C@H]1O[C@@]12C(=O)N(Cc1ccccc1)c1ccccc12. The summed E-state index contributed by atoms with van der Waals surface area (Å²) in [5.74, 6) is -0.687. The lowest BCUT2D eigenvalue weighted by atomic mass is 9.97. The summed E-state index contributed by atoms with van der Waals surface area (Å²) in [6, 6.07) is 17.2. The zero-order valence-electron chi connectivity index (χ0n) is 13.3. The van der Waals surface area contributed by atoms with E-state index >= 15 is 0 Å². The van der Waals surface area contributed by atoms with Gasteiger partial charge < -0.3 is 14.4 Å². The predicted octanol–water partition coefficient (Wildman–Crippen LogP) is 2.39. The van der Waals surface area contributed by atoms with E-state index in [1.807, 2.05) is 54.6 Å². The number of ether oxygens (including phenoxy) is 2. The fourth-order valence-electron chi connectivity index (χ4n) is 3.32. The summed E-state index contributed by atoms with van der Waals surface area (Å²) in [6.07, 6.45) is -0.855. The van der Waals surface area contributed by atoms with Gasteiger partial charge in [-0.1, -0.05) is 48.5 Å². The molecule has 5 nitrogen and oxygen atoms in total. The van der Waals surface area contributed by atoms with Gasteiger partial charge in [-0.25, -0.2) is 4.79 Å². The van der Waals surface area contributed by atoms with Crippen molar-refractivity contribution >= 4 is 17.6 Å². The highest BCUT2D eigenvalue weighted by atomic mass is 16.7. The van der Waals surface area contributed by atoms with Crippen LogP contribution in [0.25, 0.3) is 0 Å². The average Bonchev–Trinajstić information content (AvgIpc) is 3.32. The zero-order chi connectivity index (χ0) is 16.7. The molecule has 0 radical (unpaired) electrons. The molecule has 0 aliphatic carbocycles. The number of hydrogen-bond acceptors (Lipinski definition) is 4. The number of benzene rings is 2. The Labute approximate surface area is 139 Å². The Morgan fingerprint density at radius 2 is 1.88 bits per heavy atom. The monoisotopic (exact) mass is 323 g/mol. The maximum atomic E-state index is 13.1. The number of fused-ring (bicyclic) bond motifs is 2. The quantitative estimate of drug-likeness (QED) is 0.640. The van der Waals surface area contributed by atoms with Crippen LogP contribution in [0.5, 0.6) is 0 Å². The number of carbonyl (C=O) groups is 2. The molecule has 1 amide bonds. The Balaban J connectivity index is 1.70. The van der Waals surface area contributed by atoms with Crippen molar-refractivity contribution < 1.29 is 19.1 Å². The van der Waals surface area contributed by atoms with E-state index in [1.54, 1.807) is 11.8 Å². The minimum atomic E-state index is -1.21. The zero-order valence-corrected chi connectivity index (χ0v) is 13.3. The van der Waals surface area contributed by atoms with Gasteiger partial charge in [-0.05, 0) is 18.6 Å². The summed E-state index contributed by atoms with van der Waals surface area (Å²) in [4.78, 5) is 26.8. The molecule has 1 spiro atoms. The Morgan fingerprint density at radius 3 is 2.62 bits per heavy atom. The molecule has 24 heavy (non-hydrogen) atoms. The van der Waals surface area contributed by atoms with Crippen molar-refractivity contribution in [2.24, 2.45) is 0 Å². The molecule has 0 aromatic heterocycles. The van der Waals surface area contributed by atoms with Crippen LogP contribution in [-0.2, 0) is 31.2 Å². The van der Waals surface area contributed by atoms with Crippen molar-refractivity contribution in [2.75, 3.05) is 11.5 Å². The van der Waals surface area contributed by atoms with E-state index in [9.17, 15) is 9.59 Å². The maximum absolute atomic E-state index is 13.1. The van der Waals surface area contributed by atoms with Gasteiger partial charge in [-0.3, -0.25) is 4.79 Å². The van der Waals surface area contributed by atoms with Gasteiger partial charge in [-0.15, -0.1) is 0 Å². The normalized spacial score (nSPS) is 24.1. The van der Waals surface area contributed by atoms with Gasteiger partial charge in [-0.2, -0.15) is 0 Å². The summed E-state index contributed by atoms with van der Waals surface area (Å²) in [5, 5.41) is 0. The van der Waals surface area contributed by atoms with Crippen LogP contribution in [0.4, 0.5) is 5.69 Å². The molecule has 2 atom stereocenters. The minimum Gasteiger partial charge on any atom is -0.464 e. The molecule has 2 aliphatic rings. The van der Waals surface area contributed by atoms with Crippen LogP contribution in [0.3, 0.4) is 0 Å². The van der Waals surface area contributed by atoms with Gasteiger partial charge in [0, 0.05) is 5.56 Å². The largest absolute Gasteiger partial charge is 0.464 e. The number of anilines is 1. The molecule has 1 fully saturated rings. The number of epoxide rings is 1. The Kier molecular flexibility index (Phi) is 3.39.